The number of amidine groups is 2. The molecule has 0 bridgehead atoms. The first-order chi connectivity index (χ1) is 16.3. The van der Waals surface area contributed by atoms with E-state index in [0.717, 1.165) is 45.1 Å². The second kappa shape index (κ2) is 18.1. The number of nitrogens with one attached hydrogen (secondary N) is 6. The Bertz CT molecular complexity index is 648. The highest BCUT2D eigenvalue weighted by Crippen LogP contribution is 2.17. The first-order valence-electron chi connectivity index (χ1n) is 12.9. The smallest absolute Gasteiger partial charge is 0.251 e. The zero-order chi connectivity index (χ0) is 26.9. The monoisotopic (exact) mass is 498 g/mol. The first-order valence-corrected chi connectivity index (χ1v) is 12.9. The molecular weight excluding hydrogens is 448 g/mol. The Morgan fingerprint density at radius 3 is 1.83 bits per heavy atom. The summed E-state index contributed by atoms with van der Waals surface area (Å²) in [4.78, 5) is 23.5. The SMILES string of the molecule is CC(C)NC(=O)CCC(O)C(O)C(=O)NCCNC(=N)CCCCCCC(=N)NCCC(C)(C)C. The van der Waals surface area contributed by atoms with Crippen LogP contribution < -0.4 is 21.3 Å². The molecule has 10 heteroatoms. The summed E-state index contributed by atoms with van der Waals surface area (Å²) in [7, 11) is 0. The second-order valence-corrected chi connectivity index (χ2v) is 10.6. The van der Waals surface area contributed by atoms with Crippen LogP contribution in [0.5, 0.6) is 0 Å². The van der Waals surface area contributed by atoms with E-state index in [1.807, 2.05) is 13.8 Å². The molecule has 0 rings (SSSR count). The van der Waals surface area contributed by atoms with Crippen LogP contribution in [0.25, 0.3) is 0 Å². The van der Waals surface area contributed by atoms with E-state index >= 15 is 0 Å². The summed E-state index contributed by atoms with van der Waals surface area (Å²) in [5.74, 6) is 0.0542. The Balaban J connectivity index is 3.77. The molecule has 35 heavy (non-hydrogen) atoms. The van der Waals surface area contributed by atoms with Crippen molar-refractivity contribution in [2.75, 3.05) is 19.6 Å². The van der Waals surface area contributed by atoms with Gasteiger partial charge in [-0.15, -0.1) is 0 Å². The predicted molar refractivity (Wildman–Crippen MR) is 141 cm³/mol. The van der Waals surface area contributed by atoms with Crippen molar-refractivity contribution >= 4 is 23.5 Å². The Labute approximate surface area is 211 Å². The molecule has 0 aromatic carbocycles. The van der Waals surface area contributed by atoms with Gasteiger partial charge in [-0.3, -0.25) is 20.4 Å². The van der Waals surface area contributed by atoms with Gasteiger partial charge in [0.1, 0.15) is 0 Å². The van der Waals surface area contributed by atoms with Crippen molar-refractivity contribution < 1.29 is 19.8 Å². The van der Waals surface area contributed by atoms with Crippen LogP contribution in [-0.2, 0) is 9.59 Å². The minimum Gasteiger partial charge on any atom is -0.390 e. The predicted octanol–water partition coefficient (Wildman–Crippen LogP) is 2.04. The Kier molecular flexibility index (Phi) is 17.0. The lowest BCUT2D eigenvalue weighted by Crippen LogP contribution is -2.45. The van der Waals surface area contributed by atoms with Crippen molar-refractivity contribution in [1.82, 2.24) is 21.3 Å². The van der Waals surface area contributed by atoms with Crippen LogP contribution in [0.3, 0.4) is 0 Å². The van der Waals surface area contributed by atoms with Gasteiger partial charge in [0.05, 0.1) is 17.8 Å². The summed E-state index contributed by atoms with van der Waals surface area (Å²) in [6, 6.07) is -0.00881. The third kappa shape index (κ3) is 19.8. The van der Waals surface area contributed by atoms with Crippen LogP contribution in [0.1, 0.15) is 92.4 Å². The summed E-state index contributed by atoms with van der Waals surface area (Å²) in [5.41, 5.74) is 0.272. The largest absolute Gasteiger partial charge is 0.390 e. The van der Waals surface area contributed by atoms with Gasteiger partial charge in [-0.05, 0) is 44.9 Å². The maximum atomic E-state index is 12.0. The number of aliphatic hydroxyl groups is 2. The molecule has 0 fully saturated rings. The molecule has 0 aromatic rings. The van der Waals surface area contributed by atoms with Crippen LogP contribution in [0.4, 0.5) is 0 Å². The number of amides is 2. The van der Waals surface area contributed by atoms with Crippen LogP contribution in [-0.4, -0.2) is 71.6 Å². The fourth-order valence-electron chi connectivity index (χ4n) is 3.23. The Morgan fingerprint density at radius 1 is 0.800 bits per heavy atom. The van der Waals surface area contributed by atoms with Gasteiger partial charge in [-0.25, -0.2) is 0 Å². The van der Waals surface area contributed by atoms with E-state index in [1.54, 1.807) is 0 Å². The third-order valence-corrected chi connectivity index (χ3v) is 5.33. The molecule has 2 amide bonds. The second-order valence-electron chi connectivity index (χ2n) is 10.6. The average molecular weight is 499 g/mol. The van der Waals surface area contributed by atoms with E-state index in [-0.39, 0.29) is 36.8 Å². The van der Waals surface area contributed by atoms with Gasteiger partial charge in [-0.1, -0.05) is 33.6 Å². The summed E-state index contributed by atoms with van der Waals surface area (Å²) in [6.45, 7) is 11.6. The number of hydrogen-bond donors (Lipinski definition) is 8. The fraction of sp³-hybridized carbons (Fsp3) is 0.840. The molecule has 0 aliphatic rings. The summed E-state index contributed by atoms with van der Waals surface area (Å²) >= 11 is 0. The van der Waals surface area contributed by atoms with E-state index in [0.29, 0.717) is 24.6 Å². The lowest BCUT2D eigenvalue weighted by molar-refractivity contribution is -0.136. The maximum absolute atomic E-state index is 12.0. The van der Waals surface area contributed by atoms with Crippen molar-refractivity contribution in [2.45, 2.75) is 111 Å². The molecule has 0 heterocycles. The molecule has 10 nitrogen and oxygen atoms in total. The highest BCUT2D eigenvalue weighted by Gasteiger charge is 2.24. The van der Waals surface area contributed by atoms with Gasteiger partial charge in [0, 0.05) is 44.9 Å². The standard InChI is InChI=1S/C25H50N6O4/c1-18(2)31-22(33)13-12-19(32)23(34)24(35)30-17-16-29-21(27)11-9-7-6-8-10-20(26)28-15-14-25(3,4)5/h18-19,23,32,34H,6-17H2,1-5H3,(H2,26,28)(H2,27,29)(H,30,35)(H,31,33). The molecule has 0 spiro atoms. The normalized spacial score (nSPS) is 13.1. The number of rotatable bonds is 18. The molecule has 2 atom stereocenters. The van der Waals surface area contributed by atoms with E-state index in [1.165, 1.54) is 0 Å². The zero-order valence-corrected chi connectivity index (χ0v) is 22.4. The van der Waals surface area contributed by atoms with Crippen molar-refractivity contribution in [3.8, 4) is 0 Å². The summed E-state index contributed by atoms with van der Waals surface area (Å²) < 4.78 is 0. The number of aliphatic hydroxyl groups excluding tert-OH is 2. The average Bonchev–Trinajstić information content (AvgIpc) is 2.75. The molecule has 8 N–H and O–H groups in total. The molecule has 0 saturated heterocycles. The first kappa shape index (κ1) is 32.8. The van der Waals surface area contributed by atoms with Crippen LogP contribution in [0.2, 0.25) is 0 Å². The maximum Gasteiger partial charge on any atom is 0.251 e. The van der Waals surface area contributed by atoms with Gasteiger partial charge in [0.2, 0.25) is 5.91 Å². The minimum absolute atomic E-state index is 0.00881. The van der Waals surface area contributed by atoms with Crippen LogP contribution in [0, 0.1) is 16.2 Å². The van der Waals surface area contributed by atoms with Gasteiger partial charge in [-0.2, -0.15) is 0 Å². The third-order valence-electron chi connectivity index (χ3n) is 5.33. The fourth-order valence-corrected chi connectivity index (χ4v) is 3.23. The van der Waals surface area contributed by atoms with Crippen LogP contribution >= 0.6 is 0 Å². The Morgan fingerprint density at radius 2 is 1.31 bits per heavy atom. The molecule has 0 aliphatic carbocycles. The van der Waals surface area contributed by atoms with Crippen molar-refractivity contribution in [3.05, 3.63) is 0 Å². The van der Waals surface area contributed by atoms with Crippen molar-refractivity contribution in [1.29, 1.82) is 10.8 Å². The van der Waals surface area contributed by atoms with Gasteiger partial charge < -0.3 is 31.5 Å². The molecule has 0 radical (unpaired) electrons. The van der Waals surface area contributed by atoms with Crippen molar-refractivity contribution in [3.63, 3.8) is 0 Å². The van der Waals surface area contributed by atoms with Crippen LogP contribution in [0.15, 0.2) is 0 Å². The molecule has 0 saturated carbocycles. The lowest BCUT2D eigenvalue weighted by Gasteiger charge is -2.18. The van der Waals surface area contributed by atoms with E-state index in [4.69, 9.17) is 10.8 Å². The number of carbonyl (C=O) groups excluding carboxylic acids is 2. The molecule has 0 aromatic heterocycles. The topological polar surface area (TPSA) is 170 Å². The quantitative estimate of drug-likeness (QED) is 0.0816. The highest BCUT2D eigenvalue weighted by molar-refractivity contribution is 5.82. The minimum atomic E-state index is -1.60. The van der Waals surface area contributed by atoms with Gasteiger partial charge in [0.15, 0.2) is 6.10 Å². The van der Waals surface area contributed by atoms with E-state index in [9.17, 15) is 19.8 Å². The zero-order valence-electron chi connectivity index (χ0n) is 22.4. The number of carbonyl (C=O) groups is 2. The summed E-state index contributed by atoms with van der Waals surface area (Å²) in [5, 5.41) is 47.0. The van der Waals surface area contributed by atoms with Crippen molar-refractivity contribution in [2.24, 2.45) is 5.41 Å². The number of hydrogen-bond acceptors (Lipinski definition) is 6. The highest BCUT2D eigenvalue weighted by atomic mass is 16.3. The lowest BCUT2D eigenvalue weighted by atomic mass is 9.92. The molecule has 2 unspecified atom stereocenters. The van der Waals surface area contributed by atoms with Gasteiger partial charge in [0.25, 0.3) is 5.91 Å². The summed E-state index contributed by atoms with van der Waals surface area (Å²) in [6.07, 6.45) is 3.38. The molecular formula is C25H50N6O4. The Hall–Kier alpha value is -2.20. The van der Waals surface area contributed by atoms with E-state index < -0.39 is 18.1 Å². The molecule has 0 aliphatic heterocycles. The molecule has 204 valence electrons. The van der Waals surface area contributed by atoms with Gasteiger partial charge >= 0.3 is 0 Å². The van der Waals surface area contributed by atoms with E-state index in [2.05, 4.69) is 42.0 Å². The number of unbranched alkanes of at least 4 members (excludes halogenated alkanes) is 3.